The van der Waals surface area contributed by atoms with Crippen LogP contribution in [-0.2, 0) is 20.7 Å². The fraction of sp³-hybridized carbons (Fsp3) is 0.429. The van der Waals surface area contributed by atoms with Crippen LogP contribution in [0.4, 0.5) is 16.4 Å². The molecule has 0 radical (unpaired) electrons. The van der Waals surface area contributed by atoms with E-state index in [1.807, 2.05) is 64.0 Å². The number of aromatic amines is 2. The first-order valence-corrected chi connectivity index (χ1v) is 16.2. The minimum atomic E-state index is -1.00. The number of carbonyl (C=O) groups is 3. The van der Waals surface area contributed by atoms with Gasteiger partial charge in [0, 0.05) is 56.6 Å². The number of amides is 3. The van der Waals surface area contributed by atoms with E-state index in [0.29, 0.717) is 41.9 Å². The molecule has 254 valence electrons. The Kier molecular flexibility index (Phi) is 10.2. The van der Waals surface area contributed by atoms with E-state index in [1.165, 1.54) is 4.90 Å². The summed E-state index contributed by atoms with van der Waals surface area (Å²) in [5.74, 6) is -0.429. The predicted molar refractivity (Wildman–Crippen MR) is 185 cm³/mol. The van der Waals surface area contributed by atoms with Gasteiger partial charge in [-0.1, -0.05) is 24.3 Å². The summed E-state index contributed by atoms with van der Waals surface area (Å²) in [5.41, 5.74) is 8.65. The molecule has 5 N–H and O–H groups in total. The molecule has 1 fully saturated rings. The molecule has 48 heavy (non-hydrogen) atoms. The number of H-pyrrole nitrogens is 2. The normalized spacial score (nSPS) is 17.0. The van der Waals surface area contributed by atoms with Crippen molar-refractivity contribution in [2.45, 2.75) is 64.5 Å². The van der Waals surface area contributed by atoms with Crippen molar-refractivity contribution < 1.29 is 19.1 Å². The van der Waals surface area contributed by atoms with E-state index in [-0.39, 0.29) is 29.7 Å². The van der Waals surface area contributed by atoms with E-state index in [1.54, 1.807) is 30.6 Å². The highest BCUT2D eigenvalue weighted by Crippen LogP contribution is 2.33. The number of anilines is 2. The molecule has 0 aliphatic heterocycles. The van der Waals surface area contributed by atoms with E-state index in [0.717, 1.165) is 29.5 Å². The Bertz CT molecular complexity index is 1820. The van der Waals surface area contributed by atoms with Crippen molar-refractivity contribution in [2.24, 2.45) is 17.6 Å². The lowest BCUT2D eigenvalue weighted by Crippen LogP contribution is -2.52. The molecule has 0 spiro atoms. The van der Waals surface area contributed by atoms with E-state index in [9.17, 15) is 19.2 Å². The van der Waals surface area contributed by atoms with Crippen molar-refractivity contribution in [3.8, 4) is 11.1 Å². The molecule has 1 saturated carbocycles. The quantitative estimate of drug-likeness (QED) is 0.197. The van der Waals surface area contributed by atoms with Gasteiger partial charge in [-0.05, 0) is 81.7 Å². The number of nitrogens with two attached hydrogens (primary N) is 1. The van der Waals surface area contributed by atoms with Gasteiger partial charge in [-0.25, -0.2) is 14.8 Å². The Morgan fingerprint density at radius 3 is 2.35 bits per heavy atom. The maximum absolute atomic E-state index is 14.4. The molecule has 5 rings (SSSR count). The van der Waals surface area contributed by atoms with Crippen LogP contribution in [0, 0.1) is 11.8 Å². The third kappa shape index (κ3) is 8.20. The number of ether oxygens (including phenoxy) is 1. The second-order valence-corrected chi connectivity index (χ2v) is 13.6. The van der Waals surface area contributed by atoms with Crippen molar-refractivity contribution in [3.05, 3.63) is 70.8 Å². The summed E-state index contributed by atoms with van der Waals surface area (Å²) in [6.45, 7) is 5.90. The number of nitrogens with zero attached hydrogens (tertiary/aromatic N) is 4. The standard InChI is InChI=1S/C35H44N8O5/c1-35(2,3)48-34(47)39-18-21-9-11-23(12-10-21)32(46)43(26-13-14-27-28(17-26)40-41-31(27)45)29(30(36)44)16-22-7-6-8-24(15-22)25-19-37-33(38-20-25)42(4)5/h6-8,13-15,17,19-21,23,29H,9-12,16,18H2,1-5H3,(H2,36,44)(H,39,47)(H2,40,41,45)/t21?,23?,29-/m0/s1. The number of benzene rings is 2. The summed E-state index contributed by atoms with van der Waals surface area (Å²) in [6, 6.07) is 11.7. The molecule has 13 nitrogen and oxygen atoms in total. The van der Waals surface area contributed by atoms with Crippen LogP contribution < -0.4 is 26.4 Å². The third-order valence-corrected chi connectivity index (χ3v) is 8.57. The number of rotatable bonds is 10. The number of nitrogens with one attached hydrogen (secondary N) is 3. The lowest BCUT2D eigenvalue weighted by atomic mass is 9.81. The van der Waals surface area contributed by atoms with Crippen LogP contribution >= 0.6 is 0 Å². The summed E-state index contributed by atoms with van der Waals surface area (Å²) in [7, 11) is 3.74. The number of fused-ring (bicyclic) bond motifs is 1. The molecule has 4 aromatic rings. The Hall–Kier alpha value is -5.20. The number of hydrogen-bond donors (Lipinski definition) is 4. The van der Waals surface area contributed by atoms with Gasteiger partial charge in [0.2, 0.25) is 17.8 Å². The van der Waals surface area contributed by atoms with Gasteiger partial charge in [0.25, 0.3) is 5.56 Å². The first kappa shape index (κ1) is 34.1. The molecule has 0 saturated heterocycles. The monoisotopic (exact) mass is 656 g/mol. The highest BCUT2D eigenvalue weighted by Gasteiger charge is 2.36. The third-order valence-electron chi connectivity index (χ3n) is 8.57. The maximum atomic E-state index is 14.4. The van der Waals surface area contributed by atoms with Gasteiger partial charge in [0.15, 0.2) is 0 Å². The van der Waals surface area contributed by atoms with Crippen LogP contribution in [0.3, 0.4) is 0 Å². The van der Waals surface area contributed by atoms with Gasteiger partial charge in [0.1, 0.15) is 11.6 Å². The second-order valence-electron chi connectivity index (χ2n) is 13.6. The summed E-state index contributed by atoms with van der Waals surface area (Å²) in [6.07, 6.45) is 5.82. The maximum Gasteiger partial charge on any atom is 0.407 e. The summed E-state index contributed by atoms with van der Waals surface area (Å²) < 4.78 is 5.36. The van der Waals surface area contributed by atoms with Crippen LogP contribution in [0.1, 0.15) is 52.0 Å². The smallest absolute Gasteiger partial charge is 0.407 e. The van der Waals surface area contributed by atoms with Crippen LogP contribution in [0.25, 0.3) is 22.0 Å². The van der Waals surface area contributed by atoms with Gasteiger partial charge in [0.05, 0.1) is 10.9 Å². The van der Waals surface area contributed by atoms with Gasteiger partial charge in [-0.15, -0.1) is 0 Å². The van der Waals surface area contributed by atoms with Crippen molar-refractivity contribution in [1.29, 1.82) is 0 Å². The predicted octanol–water partition coefficient (Wildman–Crippen LogP) is 4.14. The van der Waals surface area contributed by atoms with Gasteiger partial charge < -0.3 is 20.7 Å². The van der Waals surface area contributed by atoms with Crippen molar-refractivity contribution in [3.63, 3.8) is 0 Å². The Morgan fingerprint density at radius 2 is 1.71 bits per heavy atom. The van der Waals surface area contributed by atoms with E-state index in [2.05, 4.69) is 25.5 Å². The molecule has 2 heterocycles. The van der Waals surface area contributed by atoms with Crippen molar-refractivity contribution in [2.75, 3.05) is 30.4 Å². The molecule has 3 amide bonds. The van der Waals surface area contributed by atoms with E-state index >= 15 is 0 Å². The summed E-state index contributed by atoms with van der Waals surface area (Å²) in [4.78, 5) is 64.2. The van der Waals surface area contributed by atoms with Crippen LogP contribution in [0.15, 0.2) is 59.7 Å². The fourth-order valence-electron chi connectivity index (χ4n) is 6.11. The van der Waals surface area contributed by atoms with Crippen LogP contribution in [0.5, 0.6) is 0 Å². The van der Waals surface area contributed by atoms with Gasteiger partial charge in [-0.3, -0.25) is 29.5 Å². The largest absolute Gasteiger partial charge is 0.444 e. The molecule has 0 bridgehead atoms. The van der Waals surface area contributed by atoms with E-state index in [4.69, 9.17) is 10.5 Å². The van der Waals surface area contributed by atoms with Crippen molar-refractivity contribution in [1.82, 2.24) is 25.5 Å². The topological polar surface area (TPSA) is 179 Å². The Labute approximate surface area is 279 Å². The minimum Gasteiger partial charge on any atom is -0.444 e. The van der Waals surface area contributed by atoms with Crippen LogP contribution in [0.2, 0.25) is 0 Å². The zero-order valence-electron chi connectivity index (χ0n) is 28.1. The van der Waals surface area contributed by atoms with Gasteiger partial charge >= 0.3 is 6.09 Å². The zero-order chi connectivity index (χ0) is 34.6. The lowest BCUT2D eigenvalue weighted by molar-refractivity contribution is -0.127. The number of alkyl carbamates (subject to hydrolysis) is 1. The first-order chi connectivity index (χ1) is 22.8. The number of aromatic nitrogens is 4. The number of carbonyl (C=O) groups excluding carboxylic acids is 3. The highest BCUT2D eigenvalue weighted by molar-refractivity contribution is 6.03. The number of hydrogen-bond acceptors (Lipinski definition) is 8. The molecule has 1 atom stereocenters. The molecule has 1 aliphatic rings. The molecular weight excluding hydrogens is 612 g/mol. The first-order valence-electron chi connectivity index (χ1n) is 16.2. The van der Waals surface area contributed by atoms with Crippen LogP contribution in [-0.4, -0.2) is 70.4 Å². The Morgan fingerprint density at radius 1 is 1.00 bits per heavy atom. The molecule has 0 unspecified atom stereocenters. The Balaban J connectivity index is 1.39. The van der Waals surface area contributed by atoms with Crippen molar-refractivity contribution >= 4 is 40.4 Å². The second kappa shape index (κ2) is 14.3. The van der Waals surface area contributed by atoms with E-state index < -0.39 is 23.6 Å². The minimum absolute atomic E-state index is 0.169. The SMILES string of the molecule is CN(C)c1ncc(-c2cccc(C[C@@H](C(N)=O)N(C(=O)C3CCC(CNC(=O)OC(C)(C)C)CC3)c3ccc4c(=O)[nH][nH]c4c3)c2)cn1. The average molecular weight is 657 g/mol. The lowest BCUT2D eigenvalue weighted by Gasteiger charge is -2.36. The summed E-state index contributed by atoms with van der Waals surface area (Å²) in [5, 5.41) is 8.70. The molecule has 2 aromatic carbocycles. The molecular formula is C35H44N8O5. The molecule has 13 heteroatoms. The fourth-order valence-corrected chi connectivity index (χ4v) is 6.11. The molecule has 2 aromatic heterocycles. The summed E-state index contributed by atoms with van der Waals surface area (Å²) >= 11 is 0. The molecule has 1 aliphatic carbocycles. The van der Waals surface area contributed by atoms with Gasteiger partial charge in [-0.2, -0.15) is 0 Å². The zero-order valence-corrected chi connectivity index (χ0v) is 28.1. The number of primary amides is 1. The average Bonchev–Trinajstić information content (AvgIpc) is 3.42. The highest BCUT2D eigenvalue weighted by atomic mass is 16.6.